The van der Waals surface area contributed by atoms with E-state index in [1.807, 2.05) is 0 Å². The average Bonchev–Trinajstić information content (AvgIpc) is 2.33. The first kappa shape index (κ1) is 8.84. The minimum atomic E-state index is 0.349. The van der Waals surface area contributed by atoms with Gasteiger partial charge < -0.3 is 9.30 Å². The highest BCUT2D eigenvalue weighted by Gasteiger charge is 2.05. The number of ether oxygens (including phenoxy) is 1. The molecule has 3 nitrogen and oxygen atoms in total. The van der Waals surface area contributed by atoms with Crippen LogP contribution in [0.5, 0.6) is 0 Å². The zero-order chi connectivity index (χ0) is 8.27. The van der Waals surface area contributed by atoms with Crippen LogP contribution in [0.15, 0.2) is 6.33 Å². The number of halogens is 2. The molecular weight excluding hydrogens is 187 g/mol. The van der Waals surface area contributed by atoms with E-state index in [9.17, 15) is 0 Å². The fraction of sp³-hybridized carbons (Fsp3) is 0.500. The molecule has 1 aromatic rings. The maximum absolute atomic E-state index is 5.71. The Morgan fingerprint density at radius 1 is 1.73 bits per heavy atom. The lowest BCUT2D eigenvalue weighted by molar-refractivity contribution is 0.129. The Labute approximate surface area is 74.9 Å². The van der Waals surface area contributed by atoms with E-state index >= 15 is 0 Å². The molecule has 0 bridgehead atoms. The molecule has 1 heterocycles. The summed E-state index contributed by atoms with van der Waals surface area (Å²) in [6.07, 6.45) is 1.60. The number of alkyl halides is 1. The molecule has 0 atom stereocenters. The highest BCUT2D eigenvalue weighted by atomic mass is 35.5. The van der Waals surface area contributed by atoms with E-state index in [0.29, 0.717) is 17.8 Å². The Hall–Kier alpha value is -0.250. The third kappa shape index (κ3) is 1.86. The molecule has 11 heavy (non-hydrogen) atoms. The summed E-state index contributed by atoms with van der Waals surface area (Å²) in [4.78, 5) is 3.87. The van der Waals surface area contributed by atoms with Gasteiger partial charge in [0.15, 0.2) is 5.15 Å². The molecule has 0 saturated heterocycles. The van der Waals surface area contributed by atoms with E-state index in [1.165, 1.54) is 0 Å². The van der Waals surface area contributed by atoms with Crippen LogP contribution in [0.25, 0.3) is 0 Å². The quantitative estimate of drug-likeness (QED) is 0.688. The van der Waals surface area contributed by atoms with Crippen molar-refractivity contribution in [3.63, 3.8) is 0 Å². The molecule has 62 valence electrons. The molecule has 1 aromatic heterocycles. The largest absolute Gasteiger partial charge is 0.364 e. The van der Waals surface area contributed by atoms with Crippen molar-refractivity contribution < 1.29 is 4.74 Å². The summed E-state index contributed by atoms with van der Waals surface area (Å²) >= 11 is 11.3. The highest BCUT2D eigenvalue weighted by Crippen LogP contribution is 2.15. The summed E-state index contributed by atoms with van der Waals surface area (Å²) < 4.78 is 6.65. The molecule has 0 spiro atoms. The number of nitrogens with zero attached hydrogens (tertiary/aromatic N) is 2. The van der Waals surface area contributed by atoms with E-state index < -0.39 is 0 Å². The molecule has 5 heteroatoms. The zero-order valence-electron chi connectivity index (χ0n) is 6.05. The van der Waals surface area contributed by atoms with Crippen LogP contribution in [0, 0.1) is 0 Å². The van der Waals surface area contributed by atoms with Crippen LogP contribution in [0.3, 0.4) is 0 Å². The molecule has 0 amide bonds. The number of aromatic nitrogens is 2. The van der Waals surface area contributed by atoms with Gasteiger partial charge in [-0.15, -0.1) is 11.6 Å². The smallest absolute Gasteiger partial charge is 0.151 e. The highest BCUT2D eigenvalue weighted by molar-refractivity contribution is 6.30. The number of hydrogen-bond acceptors (Lipinski definition) is 2. The topological polar surface area (TPSA) is 27.1 Å². The Bertz CT molecular complexity index is 236. The minimum Gasteiger partial charge on any atom is -0.364 e. The third-order valence-corrected chi connectivity index (χ3v) is 1.86. The molecule has 0 radical (unpaired) electrons. The van der Waals surface area contributed by atoms with Crippen LogP contribution in [0.1, 0.15) is 5.69 Å². The van der Waals surface area contributed by atoms with Crippen LogP contribution < -0.4 is 0 Å². The van der Waals surface area contributed by atoms with E-state index in [0.717, 1.165) is 5.69 Å². The Morgan fingerprint density at radius 3 is 3.00 bits per heavy atom. The summed E-state index contributed by atoms with van der Waals surface area (Å²) in [5, 5.41) is 0.442. The lowest BCUT2D eigenvalue weighted by Crippen LogP contribution is -2.01. The third-order valence-electron chi connectivity index (χ3n) is 1.29. The predicted molar refractivity (Wildman–Crippen MR) is 43.8 cm³/mol. The SMILES string of the molecule is COCn1cnc(Cl)c1CCl. The van der Waals surface area contributed by atoms with Gasteiger partial charge >= 0.3 is 0 Å². The van der Waals surface area contributed by atoms with Gasteiger partial charge in [-0.05, 0) is 0 Å². The number of rotatable bonds is 3. The summed E-state index contributed by atoms with van der Waals surface area (Å²) in [6.45, 7) is 0.432. The maximum atomic E-state index is 5.71. The maximum Gasteiger partial charge on any atom is 0.151 e. The fourth-order valence-electron chi connectivity index (χ4n) is 0.765. The van der Waals surface area contributed by atoms with Crippen molar-refractivity contribution in [1.82, 2.24) is 9.55 Å². The van der Waals surface area contributed by atoms with Gasteiger partial charge in [0.25, 0.3) is 0 Å². The van der Waals surface area contributed by atoms with E-state index in [2.05, 4.69) is 4.98 Å². The van der Waals surface area contributed by atoms with Crippen molar-refractivity contribution in [3.05, 3.63) is 17.2 Å². The van der Waals surface area contributed by atoms with E-state index in [4.69, 9.17) is 27.9 Å². The van der Waals surface area contributed by atoms with Crippen molar-refractivity contribution >= 4 is 23.2 Å². The molecule has 0 fully saturated rings. The Balaban J connectivity index is 2.86. The minimum absolute atomic E-state index is 0.349. The van der Waals surface area contributed by atoms with Crippen LogP contribution in [0.2, 0.25) is 5.15 Å². The van der Waals surface area contributed by atoms with Gasteiger partial charge in [-0.3, -0.25) is 0 Å². The normalized spacial score (nSPS) is 10.5. The lowest BCUT2D eigenvalue weighted by Gasteiger charge is -2.02. The van der Waals surface area contributed by atoms with Crippen molar-refractivity contribution in [2.24, 2.45) is 0 Å². The molecule has 0 unspecified atom stereocenters. The fourth-order valence-corrected chi connectivity index (χ4v) is 1.33. The van der Waals surface area contributed by atoms with Gasteiger partial charge in [0.05, 0.1) is 17.9 Å². The van der Waals surface area contributed by atoms with Crippen molar-refractivity contribution in [2.45, 2.75) is 12.6 Å². The van der Waals surface area contributed by atoms with E-state index in [-0.39, 0.29) is 0 Å². The molecule has 0 saturated carbocycles. The summed E-state index contributed by atoms with van der Waals surface area (Å²) in [5.74, 6) is 0.349. The first-order valence-electron chi connectivity index (χ1n) is 3.04. The number of hydrogen-bond donors (Lipinski definition) is 0. The number of imidazole rings is 1. The molecular formula is C6H8Cl2N2O. The summed E-state index contributed by atoms with van der Waals surface area (Å²) in [5.41, 5.74) is 0.787. The number of methoxy groups -OCH3 is 1. The van der Waals surface area contributed by atoms with Crippen LogP contribution in [-0.4, -0.2) is 16.7 Å². The molecule has 0 aliphatic heterocycles. The van der Waals surface area contributed by atoms with Crippen LogP contribution >= 0.6 is 23.2 Å². The van der Waals surface area contributed by atoms with Gasteiger partial charge in [-0.2, -0.15) is 0 Å². The van der Waals surface area contributed by atoms with Crippen molar-refractivity contribution in [2.75, 3.05) is 7.11 Å². The standard InChI is InChI=1S/C6H8Cl2N2O/c1-11-4-10-3-9-6(8)5(10)2-7/h3H,2,4H2,1H3. The van der Waals surface area contributed by atoms with Gasteiger partial charge in [0.1, 0.15) is 6.73 Å². The molecule has 1 rings (SSSR count). The monoisotopic (exact) mass is 194 g/mol. The first-order chi connectivity index (χ1) is 5.29. The molecule has 0 aromatic carbocycles. The van der Waals surface area contributed by atoms with Crippen LogP contribution in [-0.2, 0) is 17.3 Å². The summed E-state index contributed by atoms with van der Waals surface area (Å²) in [7, 11) is 1.60. The zero-order valence-corrected chi connectivity index (χ0v) is 7.56. The predicted octanol–water partition coefficient (Wildman–Crippen LogP) is 1.88. The Morgan fingerprint density at radius 2 is 2.45 bits per heavy atom. The molecule has 0 aliphatic rings. The first-order valence-corrected chi connectivity index (χ1v) is 3.95. The molecule has 0 N–H and O–H groups in total. The second-order valence-corrected chi connectivity index (χ2v) is 2.63. The van der Waals surface area contributed by atoms with Gasteiger partial charge in [0, 0.05) is 7.11 Å². The van der Waals surface area contributed by atoms with Gasteiger partial charge in [-0.25, -0.2) is 4.98 Å². The van der Waals surface area contributed by atoms with Gasteiger partial charge in [0.2, 0.25) is 0 Å². The second-order valence-electron chi connectivity index (χ2n) is 2.00. The second kappa shape index (κ2) is 3.95. The van der Waals surface area contributed by atoms with E-state index in [1.54, 1.807) is 18.0 Å². The lowest BCUT2D eigenvalue weighted by atomic mass is 10.5. The Kier molecular flexibility index (Phi) is 3.17. The van der Waals surface area contributed by atoms with Crippen molar-refractivity contribution in [1.29, 1.82) is 0 Å². The summed E-state index contributed by atoms with van der Waals surface area (Å²) in [6, 6.07) is 0. The van der Waals surface area contributed by atoms with Crippen LogP contribution in [0.4, 0.5) is 0 Å². The molecule has 0 aliphatic carbocycles. The van der Waals surface area contributed by atoms with Crippen molar-refractivity contribution in [3.8, 4) is 0 Å². The average molecular weight is 195 g/mol. The van der Waals surface area contributed by atoms with Gasteiger partial charge in [-0.1, -0.05) is 11.6 Å².